The summed E-state index contributed by atoms with van der Waals surface area (Å²) in [4.78, 5) is 26.7. The largest absolute Gasteiger partial charge is 0.444 e. The van der Waals surface area contributed by atoms with E-state index >= 15 is 0 Å². The fourth-order valence-electron chi connectivity index (χ4n) is 4.08. The number of nitrogens with one attached hydrogen (secondary N) is 1. The van der Waals surface area contributed by atoms with E-state index in [0.717, 1.165) is 66.7 Å². The van der Waals surface area contributed by atoms with E-state index in [1.165, 1.54) is 0 Å². The molecule has 0 aliphatic carbocycles. The maximum Gasteiger partial charge on any atom is 0.407 e. The van der Waals surface area contributed by atoms with Crippen LogP contribution in [-0.2, 0) is 16.2 Å². The van der Waals surface area contributed by atoms with E-state index < -0.39 is 21.7 Å². The van der Waals surface area contributed by atoms with Gasteiger partial charge < -0.3 is 29.2 Å². The SMILES string of the molecule is C.C/C=C(\CCNC(=O)OC(C)(C)C)c1cn(COCCS(C)(C)C)c2ncc(N3CCN(C)CC3)nc12. The zero-order chi connectivity index (χ0) is 27.2. The number of ether oxygens (including phenoxy) is 2. The van der Waals surface area contributed by atoms with Gasteiger partial charge in [0.2, 0.25) is 0 Å². The highest BCUT2D eigenvalue weighted by molar-refractivity contribution is 8.32. The number of rotatable bonds is 10. The van der Waals surface area contributed by atoms with Crippen LogP contribution < -0.4 is 10.2 Å². The summed E-state index contributed by atoms with van der Waals surface area (Å²) < 4.78 is 13.5. The molecule has 1 amide bonds. The first-order valence-electron chi connectivity index (χ1n) is 13.0. The molecule has 0 aromatic carbocycles. The molecule has 0 unspecified atom stereocenters. The van der Waals surface area contributed by atoms with Crippen LogP contribution in [0.4, 0.5) is 10.6 Å². The second-order valence-electron chi connectivity index (χ2n) is 11.5. The molecule has 2 aromatic heterocycles. The van der Waals surface area contributed by atoms with E-state index in [1.807, 2.05) is 38.5 Å². The van der Waals surface area contributed by atoms with E-state index in [0.29, 0.717) is 19.7 Å². The Hall–Kier alpha value is -2.30. The van der Waals surface area contributed by atoms with Crippen LogP contribution in [0.5, 0.6) is 0 Å². The summed E-state index contributed by atoms with van der Waals surface area (Å²) in [5.74, 6) is 1.97. The van der Waals surface area contributed by atoms with Gasteiger partial charge in [0.25, 0.3) is 0 Å². The number of anilines is 1. The van der Waals surface area contributed by atoms with Crippen LogP contribution in [0.1, 0.15) is 47.1 Å². The van der Waals surface area contributed by atoms with Crippen molar-refractivity contribution < 1.29 is 14.3 Å². The van der Waals surface area contributed by atoms with E-state index in [2.05, 4.69) is 53.2 Å². The van der Waals surface area contributed by atoms with Crippen molar-refractivity contribution in [3.05, 3.63) is 24.0 Å². The van der Waals surface area contributed by atoms with Gasteiger partial charge in [-0.3, -0.25) is 0 Å². The number of fused-ring (bicyclic) bond motifs is 1. The lowest BCUT2D eigenvalue weighted by molar-refractivity contribution is 0.0529. The third kappa shape index (κ3) is 9.47. The summed E-state index contributed by atoms with van der Waals surface area (Å²) in [7, 11) is 1.54. The first-order chi connectivity index (χ1) is 17.4. The number of aromatic nitrogens is 3. The minimum atomic E-state index is -0.609. The van der Waals surface area contributed by atoms with Crippen molar-refractivity contribution in [2.24, 2.45) is 0 Å². The summed E-state index contributed by atoms with van der Waals surface area (Å²) in [5.41, 5.74) is 3.29. The van der Waals surface area contributed by atoms with Crippen molar-refractivity contribution in [1.82, 2.24) is 24.8 Å². The molecule has 1 aliphatic rings. The zero-order valence-electron chi connectivity index (χ0n) is 24.0. The number of nitrogens with zero attached hydrogens (tertiary/aromatic N) is 5. The minimum Gasteiger partial charge on any atom is -0.444 e. The Morgan fingerprint density at radius 2 is 1.87 bits per heavy atom. The predicted octanol–water partition coefficient (Wildman–Crippen LogP) is 4.81. The highest BCUT2D eigenvalue weighted by Crippen LogP contribution is 2.34. The van der Waals surface area contributed by atoms with Gasteiger partial charge >= 0.3 is 6.09 Å². The normalized spacial score (nSPS) is 15.9. The van der Waals surface area contributed by atoms with Gasteiger partial charge in [0.15, 0.2) is 5.65 Å². The van der Waals surface area contributed by atoms with Gasteiger partial charge in [0.05, 0.1) is 12.8 Å². The Kier molecular flexibility index (Phi) is 11.5. The molecule has 0 atom stereocenters. The fraction of sp³-hybridized carbons (Fsp3) is 0.679. The quantitative estimate of drug-likeness (QED) is 0.425. The highest BCUT2D eigenvalue weighted by atomic mass is 32.3. The lowest BCUT2D eigenvalue weighted by Gasteiger charge is -2.33. The Bertz CT molecular complexity index is 1080. The molecule has 0 radical (unpaired) electrons. The molecule has 216 valence electrons. The summed E-state index contributed by atoms with van der Waals surface area (Å²) >= 11 is 0. The molecular weight excluding hydrogens is 500 g/mol. The summed E-state index contributed by atoms with van der Waals surface area (Å²) in [6, 6.07) is 0. The number of alkyl carbamates (subject to hydrolysis) is 1. The molecule has 1 fully saturated rings. The van der Waals surface area contributed by atoms with Crippen LogP contribution in [0.15, 0.2) is 18.5 Å². The Morgan fingerprint density at radius 1 is 1.18 bits per heavy atom. The molecule has 1 saturated heterocycles. The molecule has 10 heteroatoms. The second-order valence-corrected chi connectivity index (χ2v) is 16.1. The van der Waals surface area contributed by atoms with E-state index in [-0.39, 0.29) is 7.43 Å². The van der Waals surface area contributed by atoms with E-state index in [9.17, 15) is 4.79 Å². The van der Waals surface area contributed by atoms with Gasteiger partial charge in [0, 0.05) is 50.2 Å². The van der Waals surface area contributed by atoms with Gasteiger partial charge in [0.1, 0.15) is 23.7 Å². The first kappa shape index (κ1) is 31.9. The summed E-state index contributed by atoms with van der Waals surface area (Å²) in [6.45, 7) is 13.1. The molecule has 0 saturated carbocycles. The molecule has 3 rings (SSSR count). The first-order valence-corrected chi connectivity index (χ1v) is 16.0. The topological polar surface area (TPSA) is 84.7 Å². The summed E-state index contributed by atoms with van der Waals surface area (Å²) in [5, 5.41) is 2.87. The van der Waals surface area contributed by atoms with Gasteiger partial charge in [-0.2, -0.15) is 0 Å². The molecule has 38 heavy (non-hydrogen) atoms. The Morgan fingerprint density at radius 3 is 2.47 bits per heavy atom. The Balaban J connectivity index is 0.00000507. The molecule has 0 spiro atoms. The Labute approximate surface area is 231 Å². The number of hydrogen-bond acceptors (Lipinski definition) is 7. The average Bonchev–Trinajstić information content (AvgIpc) is 3.16. The van der Waals surface area contributed by atoms with Crippen molar-refractivity contribution >= 4 is 38.7 Å². The minimum absolute atomic E-state index is 0. The van der Waals surface area contributed by atoms with Crippen molar-refractivity contribution in [2.45, 2.75) is 53.9 Å². The van der Waals surface area contributed by atoms with Crippen LogP contribution in [0, 0.1) is 0 Å². The number of allylic oxidation sites excluding steroid dienone is 1. The van der Waals surface area contributed by atoms with Crippen LogP contribution in [-0.4, -0.2) is 102 Å². The van der Waals surface area contributed by atoms with Gasteiger partial charge in [-0.1, -0.05) is 13.5 Å². The maximum atomic E-state index is 12.1. The van der Waals surface area contributed by atoms with Crippen LogP contribution in [0.3, 0.4) is 0 Å². The fourth-order valence-corrected chi connectivity index (χ4v) is 4.70. The maximum absolute atomic E-state index is 12.1. The van der Waals surface area contributed by atoms with Crippen LogP contribution in [0.25, 0.3) is 16.7 Å². The van der Waals surface area contributed by atoms with Gasteiger partial charge in [-0.05, 0) is 65.5 Å². The molecule has 9 nitrogen and oxygen atoms in total. The smallest absolute Gasteiger partial charge is 0.407 e. The third-order valence-electron chi connectivity index (χ3n) is 6.21. The van der Waals surface area contributed by atoms with Crippen molar-refractivity contribution in [1.29, 1.82) is 0 Å². The standard InChI is InChI=1S/C27H46N6O3S.CH4/c1-9-21(10-11-28-26(34)36-27(2,3)4)22-19-33(20-35-16-17-37(6,7)8)25-24(22)30-23(18-29-25)32-14-12-31(5)13-15-32;/h9,18-19H,10-17,20H2,1-8H3,(H,28,34);1H4/b21-9+;. The number of amides is 1. The van der Waals surface area contributed by atoms with Gasteiger partial charge in [-0.25, -0.2) is 24.8 Å². The second kappa shape index (κ2) is 13.7. The number of carbonyl (C=O) groups excluding carboxylic acids is 1. The zero-order valence-corrected chi connectivity index (χ0v) is 24.8. The van der Waals surface area contributed by atoms with Crippen molar-refractivity contribution in [2.75, 3.05) is 75.8 Å². The number of piperazine rings is 1. The number of likely N-dealkylation sites (N-methyl/N-ethyl adjacent to an activating group) is 1. The lowest BCUT2D eigenvalue weighted by atomic mass is 10.1. The van der Waals surface area contributed by atoms with Gasteiger partial charge in [-0.15, -0.1) is 0 Å². The van der Waals surface area contributed by atoms with Crippen LogP contribution >= 0.6 is 10.0 Å². The van der Waals surface area contributed by atoms with E-state index in [4.69, 9.17) is 19.4 Å². The molecule has 1 aliphatic heterocycles. The van der Waals surface area contributed by atoms with Crippen molar-refractivity contribution in [3.8, 4) is 0 Å². The molecule has 1 N–H and O–H groups in total. The third-order valence-corrected chi connectivity index (χ3v) is 7.60. The monoisotopic (exact) mass is 550 g/mol. The van der Waals surface area contributed by atoms with Crippen LogP contribution in [0.2, 0.25) is 0 Å². The molecule has 2 aromatic rings. The lowest BCUT2D eigenvalue weighted by Crippen LogP contribution is -2.44. The summed E-state index contributed by atoms with van der Waals surface area (Å²) in [6.07, 6.45) is 13.2. The van der Waals surface area contributed by atoms with Crippen molar-refractivity contribution in [3.63, 3.8) is 0 Å². The predicted molar refractivity (Wildman–Crippen MR) is 163 cm³/mol. The highest BCUT2D eigenvalue weighted by Gasteiger charge is 2.21. The average molecular weight is 551 g/mol. The molecule has 0 bridgehead atoms. The van der Waals surface area contributed by atoms with E-state index in [1.54, 1.807) is 0 Å². The number of hydrogen-bond donors (Lipinski definition) is 1. The molecule has 3 heterocycles. The molecular formula is C28H50N6O3S. The number of carbonyl (C=O) groups is 1.